The average molecular weight is 263 g/mol. The SMILES string of the molecule is CNC(c1ccc2c(c1)OCC(C)CO2)C(C)(C)C. The summed E-state index contributed by atoms with van der Waals surface area (Å²) in [6.07, 6.45) is 0. The molecule has 2 unspecified atom stereocenters. The summed E-state index contributed by atoms with van der Waals surface area (Å²) in [5, 5.41) is 3.39. The van der Waals surface area contributed by atoms with Gasteiger partial charge in [0.15, 0.2) is 11.5 Å². The van der Waals surface area contributed by atoms with Crippen LogP contribution in [-0.2, 0) is 0 Å². The topological polar surface area (TPSA) is 30.5 Å². The first-order valence-electron chi connectivity index (χ1n) is 6.98. The van der Waals surface area contributed by atoms with Crippen LogP contribution < -0.4 is 14.8 Å². The van der Waals surface area contributed by atoms with E-state index in [1.807, 2.05) is 13.1 Å². The van der Waals surface area contributed by atoms with Crippen molar-refractivity contribution in [1.29, 1.82) is 0 Å². The smallest absolute Gasteiger partial charge is 0.161 e. The Bertz CT molecular complexity index is 437. The van der Waals surface area contributed by atoms with Gasteiger partial charge in [-0.1, -0.05) is 33.8 Å². The first-order chi connectivity index (χ1) is 8.91. The van der Waals surface area contributed by atoms with Crippen LogP contribution in [0.1, 0.15) is 39.3 Å². The number of ether oxygens (including phenoxy) is 2. The van der Waals surface area contributed by atoms with Crippen molar-refractivity contribution < 1.29 is 9.47 Å². The molecule has 1 aliphatic heterocycles. The van der Waals surface area contributed by atoms with E-state index in [4.69, 9.17) is 9.47 Å². The maximum Gasteiger partial charge on any atom is 0.161 e. The van der Waals surface area contributed by atoms with E-state index in [9.17, 15) is 0 Å². The van der Waals surface area contributed by atoms with Crippen LogP contribution in [0.25, 0.3) is 0 Å². The van der Waals surface area contributed by atoms with Crippen molar-refractivity contribution in [3.63, 3.8) is 0 Å². The summed E-state index contributed by atoms with van der Waals surface area (Å²) in [4.78, 5) is 0. The van der Waals surface area contributed by atoms with Gasteiger partial charge in [0.2, 0.25) is 0 Å². The molecule has 0 saturated carbocycles. The second-order valence-electron chi connectivity index (χ2n) is 6.52. The zero-order valence-corrected chi connectivity index (χ0v) is 12.6. The molecule has 1 aromatic rings. The monoisotopic (exact) mass is 263 g/mol. The molecule has 0 aliphatic carbocycles. The van der Waals surface area contributed by atoms with Gasteiger partial charge in [0.1, 0.15) is 0 Å². The van der Waals surface area contributed by atoms with E-state index in [2.05, 4.69) is 45.1 Å². The Labute approximate surface area is 116 Å². The molecule has 0 bridgehead atoms. The number of hydrogen-bond acceptors (Lipinski definition) is 3. The van der Waals surface area contributed by atoms with Gasteiger partial charge in [-0.2, -0.15) is 0 Å². The zero-order chi connectivity index (χ0) is 14.0. The normalized spacial score (nSPS) is 20.8. The van der Waals surface area contributed by atoms with Gasteiger partial charge in [-0.3, -0.25) is 0 Å². The third-order valence-electron chi connectivity index (χ3n) is 3.50. The molecule has 3 nitrogen and oxygen atoms in total. The third kappa shape index (κ3) is 3.21. The number of hydrogen-bond donors (Lipinski definition) is 1. The van der Waals surface area contributed by atoms with Gasteiger partial charge in [0, 0.05) is 12.0 Å². The molecule has 0 fully saturated rings. The molecule has 0 amide bonds. The van der Waals surface area contributed by atoms with Crippen molar-refractivity contribution in [2.24, 2.45) is 11.3 Å². The van der Waals surface area contributed by atoms with E-state index in [1.54, 1.807) is 0 Å². The van der Waals surface area contributed by atoms with Crippen LogP contribution in [0, 0.1) is 11.3 Å². The molecule has 0 saturated heterocycles. The number of benzene rings is 1. The molecule has 106 valence electrons. The molecule has 0 radical (unpaired) electrons. The van der Waals surface area contributed by atoms with E-state index in [1.165, 1.54) is 5.56 Å². The zero-order valence-electron chi connectivity index (χ0n) is 12.6. The molecule has 1 aliphatic rings. The van der Waals surface area contributed by atoms with Gasteiger partial charge in [0.05, 0.1) is 13.2 Å². The van der Waals surface area contributed by atoms with Crippen molar-refractivity contribution in [1.82, 2.24) is 5.32 Å². The molecule has 1 aromatic carbocycles. The molecule has 19 heavy (non-hydrogen) atoms. The molecule has 2 atom stereocenters. The minimum Gasteiger partial charge on any atom is -0.489 e. The standard InChI is InChI=1S/C16H25NO2/c1-11-9-18-13-7-6-12(8-14(13)19-10-11)15(17-5)16(2,3)4/h6-8,11,15,17H,9-10H2,1-5H3. The van der Waals surface area contributed by atoms with E-state index in [0.29, 0.717) is 12.0 Å². The fraction of sp³-hybridized carbons (Fsp3) is 0.625. The molecular formula is C16H25NO2. The number of nitrogens with one attached hydrogen (secondary N) is 1. The summed E-state index contributed by atoms with van der Waals surface area (Å²) in [6, 6.07) is 6.56. The maximum atomic E-state index is 5.86. The van der Waals surface area contributed by atoms with Gasteiger partial charge in [-0.15, -0.1) is 0 Å². The van der Waals surface area contributed by atoms with Gasteiger partial charge < -0.3 is 14.8 Å². The lowest BCUT2D eigenvalue weighted by molar-refractivity contribution is 0.228. The minimum absolute atomic E-state index is 0.155. The highest BCUT2D eigenvalue weighted by molar-refractivity contribution is 5.44. The van der Waals surface area contributed by atoms with E-state index >= 15 is 0 Å². The van der Waals surface area contributed by atoms with Gasteiger partial charge in [0.25, 0.3) is 0 Å². The molecular weight excluding hydrogens is 238 g/mol. The van der Waals surface area contributed by atoms with Crippen molar-refractivity contribution in [2.75, 3.05) is 20.3 Å². The molecule has 3 heteroatoms. The van der Waals surface area contributed by atoms with Crippen molar-refractivity contribution in [2.45, 2.75) is 33.7 Å². The molecule has 0 spiro atoms. The van der Waals surface area contributed by atoms with Crippen molar-refractivity contribution >= 4 is 0 Å². The molecule has 1 heterocycles. The highest BCUT2D eigenvalue weighted by Crippen LogP contribution is 2.38. The molecule has 2 rings (SSSR count). The van der Waals surface area contributed by atoms with Gasteiger partial charge in [-0.05, 0) is 30.2 Å². The lowest BCUT2D eigenvalue weighted by Crippen LogP contribution is -2.29. The highest BCUT2D eigenvalue weighted by Gasteiger charge is 2.26. The molecule has 1 N–H and O–H groups in total. The van der Waals surface area contributed by atoms with Crippen LogP contribution >= 0.6 is 0 Å². The van der Waals surface area contributed by atoms with Crippen LogP contribution in [0.3, 0.4) is 0 Å². The van der Waals surface area contributed by atoms with Crippen molar-refractivity contribution in [3.8, 4) is 11.5 Å². The number of rotatable bonds is 2. The van der Waals surface area contributed by atoms with Crippen LogP contribution in [0.5, 0.6) is 11.5 Å². The first kappa shape index (κ1) is 14.2. The maximum absolute atomic E-state index is 5.86. The predicted molar refractivity (Wildman–Crippen MR) is 77.9 cm³/mol. The van der Waals surface area contributed by atoms with Gasteiger partial charge in [-0.25, -0.2) is 0 Å². The highest BCUT2D eigenvalue weighted by atomic mass is 16.5. The van der Waals surface area contributed by atoms with E-state index < -0.39 is 0 Å². The van der Waals surface area contributed by atoms with E-state index in [0.717, 1.165) is 24.7 Å². The van der Waals surface area contributed by atoms with E-state index in [-0.39, 0.29) is 5.41 Å². The Morgan fingerprint density at radius 1 is 1.16 bits per heavy atom. The summed E-state index contributed by atoms with van der Waals surface area (Å²) >= 11 is 0. The lowest BCUT2D eigenvalue weighted by atomic mass is 9.82. The Balaban J connectivity index is 2.30. The Morgan fingerprint density at radius 3 is 2.37 bits per heavy atom. The number of fused-ring (bicyclic) bond motifs is 1. The Kier molecular flexibility index (Phi) is 4.04. The molecule has 0 aromatic heterocycles. The van der Waals surface area contributed by atoms with Gasteiger partial charge >= 0.3 is 0 Å². The quantitative estimate of drug-likeness (QED) is 0.887. The summed E-state index contributed by atoms with van der Waals surface area (Å²) < 4.78 is 11.6. The van der Waals surface area contributed by atoms with Crippen molar-refractivity contribution in [3.05, 3.63) is 23.8 Å². The van der Waals surface area contributed by atoms with Crippen LogP contribution in [-0.4, -0.2) is 20.3 Å². The fourth-order valence-electron chi connectivity index (χ4n) is 2.55. The Morgan fingerprint density at radius 2 is 1.79 bits per heavy atom. The minimum atomic E-state index is 0.155. The van der Waals surface area contributed by atoms with Crippen LogP contribution in [0.4, 0.5) is 0 Å². The third-order valence-corrected chi connectivity index (χ3v) is 3.50. The van der Waals surface area contributed by atoms with Crippen LogP contribution in [0.15, 0.2) is 18.2 Å². The average Bonchev–Trinajstić information content (AvgIpc) is 2.51. The predicted octanol–water partition coefficient (Wildman–Crippen LogP) is 3.40. The lowest BCUT2D eigenvalue weighted by Gasteiger charge is -2.31. The van der Waals surface area contributed by atoms with Crippen LogP contribution in [0.2, 0.25) is 0 Å². The Hall–Kier alpha value is -1.22. The summed E-state index contributed by atoms with van der Waals surface area (Å²) in [5.41, 5.74) is 1.40. The first-order valence-corrected chi connectivity index (χ1v) is 6.98. The summed E-state index contributed by atoms with van der Waals surface area (Å²) in [7, 11) is 2.00. The largest absolute Gasteiger partial charge is 0.489 e. The fourth-order valence-corrected chi connectivity index (χ4v) is 2.55. The summed E-state index contributed by atoms with van der Waals surface area (Å²) in [6.45, 7) is 10.3. The second kappa shape index (κ2) is 5.41. The second-order valence-corrected chi connectivity index (χ2v) is 6.52. The summed E-state index contributed by atoms with van der Waals surface area (Å²) in [5.74, 6) is 2.15.